The zero-order chi connectivity index (χ0) is 33.2. The molecule has 4 amide bonds. The minimum absolute atomic E-state index is 0.0491. The number of nitrogens with one attached hydrogen (secondary N) is 3. The zero-order valence-corrected chi connectivity index (χ0v) is 28.1. The SMILES string of the molecule is Cc1ccccc1-n1nnc(C(=O)Nc2ccc3cc(CN4CCN(C(=O)CCCC[C@@H]5SC[C@@H]6NC(=O)N[C@@H]65)CC4)ccc3n2)c1C. The molecule has 4 aromatic rings. The normalized spacial score (nSPS) is 20.8. The highest BCUT2D eigenvalue weighted by Gasteiger charge is 2.42. The Kier molecular flexibility index (Phi) is 9.31. The fourth-order valence-corrected chi connectivity index (χ4v) is 8.47. The summed E-state index contributed by atoms with van der Waals surface area (Å²) in [5.41, 5.74) is 4.82. The summed E-state index contributed by atoms with van der Waals surface area (Å²) in [6.07, 6.45) is 3.51. The number of aromatic nitrogens is 4. The van der Waals surface area contributed by atoms with E-state index in [1.165, 1.54) is 5.56 Å². The van der Waals surface area contributed by atoms with Crippen molar-refractivity contribution in [3.05, 3.63) is 77.1 Å². The molecule has 250 valence electrons. The van der Waals surface area contributed by atoms with Gasteiger partial charge in [-0.05, 0) is 68.1 Å². The number of fused-ring (bicyclic) bond motifs is 2. The van der Waals surface area contributed by atoms with Gasteiger partial charge in [-0.2, -0.15) is 11.8 Å². The van der Waals surface area contributed by atoms with E-state index in [9.17, 15) is 14.4 Å². The quantitative estimate of drug-likeness (QED) is 0.170. The third kappa shape index (κ3) is 6.88. The lowest BCUT2D eigenvalue weighted by molar-refractivity contribution is -0.133. The van der Waals surface area contributed by atoms with E-state index < -0.39 is 0 Å². The molecule has 13 heteroatoms. The van der Waals surface area contributed by atoms with E-state index >= 15 is 0 Å². The van der Waals surface area contributed by atoms with Gasteiger partial charge >= 0.3 is 6.03 Å². The van der Waals surface area contributed by atoms with Gasteiger partial charge in [-0.3, -0.25) is 14.5 Å². The fourth-order valence-electron chi connectivity index (χ4n) is 6.92. The predicted molar refractivity (Wildman–Crippen MR) is 186 cm³/mol. The number of para-hydroxylation sites is 1. The van der Waals surface area contributed by atoms with E-state index in [0.29, 0.717) is 23.2 Å². The van der Waals surface area contributed by atoms with Crippen molar-refractivity contribution in [2.45, 2.75) is 63.4 Å². The topological polar surface area (TPSA) is 137 Å². The van der Waals surface area contributed by atoms with Gasteiger partial charge in [-0.15, -0.1) is 5.10 Å². The van der Waals surface area contributed by atoms with Crippen molar-refractivity contribution in [1.29, 1.82) is 0 Å². The van der Waals surface area contributed by atoms with Crippen LogP contribution in [-0.2, 0) is 11.3 Å². The molecule has 3 atom stereocenters. The Morgan fingerprint density at radius 3 is 2.67 bits per heavy atom. The molecule has 0 bridgehead atoms. The second-order valence-electron chi connectivity index (χ2n) is 12.9. The number of nitrogens with zero attached hydrogens (tertiary/aromatic N) is 6. The lowest BCUT2D eigenvalue weighted by atomic mass is 10.0. The highest BCUT2D eigenvalue weighted by Crippen LogP contribution is 2.33. The Hall–Kier alpha value is -4.49. The maximum Gasteiger partial charge on any atom is 0.315 e. The lowest BCUT2D eigenvalue weighted by Gasteiger charge is -2.35. The monoisotopic (exact) mass is 667 g/mol. The highest BCUT2D eigenvalue weighted by molar-refractivity contribution is 8.00. The van der Waals surface area contributed by atoms with Crippen molar-refractivity contribution in [1.82, 2.24) is 40.4 Å². The molecule has 3 saturated heterocycles. The summed E-state index contributed by atoms with van der Waals surface area (Å²) in [4.78, 5) is 46.6. The van der Waals surface area contributed by atoms with Gasteiger partial charge in [0.15, 0.2) is 5.69 Å². The maximum atomic E-state index is 13.1. The van der Waals surface area contributed by atoms with Gasteiger partial charge in [0.2, 0.25) is 5.91 Å². The van der Waals surface area contributed by atoms with Gasteiger partial charge < -0.3 is 20.9 Å². The van der Waals surface area contributed by atoms with Gasteiger partial charge in [0.05, 0.1) is 29.0 Å². The first-order valence-corrected chi connectivity index (χ1v) is 17.8. The number of anilines is 1. The van der Waals surface area contributed by atoms with E-state index in [1.54, 1.807) is 4.68 Å². The molecule has 3 fully saturated rings. The summed E-state index contributed by atoms with van der Waals surface area (Å²) in [6.45, 7) is 7.81. The molecule has 5 heterocycles. The van der Waals surface area contributed by atoms with E-state index in [0.717, 1.165) is 79.9 Å². The number of unbranched alkanes of at least 4 members (excludes halogenated alkanes) is 1. The number of amides is 4. The molecule has 2 aromatic heterocycles. The summed E-state index contributed by atoms with van der Waals surface area (Å²) >= 11 is 1.93. The van der Waals surface area contributed by atoms with Gasteiger partial charge in [0.1, 0.15) is 5.82 Å². The first kappa shape index (κ1) is 32.1. The number of pyridine rings is 1. The predicted octanol–water partition coefficient (Wildman–Crippen LogP) is 4.05. The van der Waals surface area contributed by atoms with Crippen molar-refractivity contribution >= 4 is 46.3 Å². The maximum absolute atomic E-state index is 13.1. The van der Waals surface area contributed by atoms with Crippen LogP contribution in [0.4, 0.5) is 10.6 Å². The first-order valence-electron chi connectivity index (χ1n) is 16.7. The molecule has 3 aliphatic heterocycles. The number of rotatable bonds is 10. The number of carbonyl (C=O) groups excluding carboxylic acids is 3. The summed E-state index contributed by atoms with van der Waals surface area (Å²) in [7, 11) is 0. The van der Waals surface area contributed by atoms with E-state index in [-0.39, 0.29) is 35.6 Å². The molecule has 12 nitrogen and oxygen atoms in total. The summed E-state index contributed by atoms with van der Waals surface area (Å²) in [6, 6.07) is 18.3. The standard InChI is InChI=1S/C35H41N9O3S/c1-22-7-3-4-8-28(22)44-23(2)32(40-41-44)34(46)38-30-14-12-25-19-24(11-13-26(25)36-30)20-42-15-17-43(18-16-42)31(45)10-6-5-9-29-33-27(21-48-29)37-35(47)39-33/h3-4,7-8,11-14,19,27,29,33H,5-6,9-10,15-18,20-21H2,1-2H3,(H,36,38,46)(H2,37,39,47)/t27-,29-,33-/m0/s1. The second kappa shape index (κ2) is 13.9. The number of thioether (sulfide) groups is 1. The Morgan fingerprint density at radius 2 is 1.83 bits per heavy atom. The molecule has 0 radical (unpaired) electrons. The molecule has 2 aromatic carbocycles. The third-order valence-electron chi connectivity index (χ3n) is 9.65. The van der Waals surface area contributed by atoms with Crippen LogP contribution in [0.5, 0.6) is 0 Å². The number of hydrogen-bond donors (Lipinski definition) is 3. The highest BCUT2D eigenvalue weighted by atomic mass is 32.2. The molecule has 0 aliphatic carbocycles. The molecule has 3 aliphatic rings. The molecule has 0 spiro atoms. The Labute approximate surface area is 284 Å². The average Bonchev–Trinajstić information content (AvgIpc) is 3.77. The minimum Gasteiger partial charge on any atom is -0.340 e. The molecule has 7 rings (SSSR count). The molecular weight excluding hydrogens is 627 g/mol. The van der Waals surface area contributed by atoms with Crippen LogP contribution in [0.2, 0.25) is 0 Å². The number of carbonyl (C=O) groups is 3. The number of aryl methyl sites for hydroxylation is 1. The molecular formula is C35H41N9O3S. The first-order chi connectivity index (χ1) is 23.3. The van der Waals surface area contributed by atoms with Crippen LogP contribution >= 0.6 is 11.8 Å². The summed E-state index contributed by atoms with van der Waals surface area (Å²) in [5, 5.41) is 18.7. The van der Waals surface area contributed by atoms with Crippen LogP contribution in [0, 0.1) is 13.8 Å². The zero-order valence-electron chi connectivity index (χ0n) is 27.3. The van der Waals surface area contributed by atoms with E-state index in [4.69, 9.17) is 0 Å². The van der Waals surface area contributed by atoms with Gasteiger partial charge in [0, 0.05) is 55.5 Å². The van der Waals surface area contributed by atoms with Crippen LogP contribution in [0.1, 0.15) is 53.0 Å². The van der Waals surface area contributed by atoms with Gasteiger partial charge in [-0.1, -0.05) is 35.9 Å². The second-order valence-corrected chi connectivity index (χ2v) is 14.2. The van der Waals surface area contributed by atoms with Gasteiger partial charge in [-0.25, -0.2) is 14.5 Å². The van der Waals surface area contributed by atoms with Crippen molar-refractivity contribution < 1.29 is 14.4 Å². The fraction of sp³-hybridized carbons (Fsp3) is 0.429. The number of piperazine rings is 1. The molecule has 0 saturated carbocycles. The number of urea groups is 1. The van der Waals surface area contributed by atoms with Crippen LogP contribution < -0.4 is 16.0 Å². The lowest BCUT2D eigenvalue weighted by Crippen LogP contribution is -2.48. The smallest absolute Gasteiger partial charge is 0.315 e. The van der Waals surface area contributed by atoms with Crippen LogP contribution in [0.3, 0.4) is 0 Å². The van der Waals surface area contributed by atoms with Crippen LogP contribution in [0.25, 0.3) is 16.6 Å². The molecule has 0 unspecified atom stereocenters. The van der Waals surface area contributed by atoms with Crippen molar-refractivity contribution in [2.75, 3.05) is 37.2 Å². The Balaban J connectivity index is 0.868. The minimum atomic E-state index is -0.354. The van der Waals surface area contributed by atoms with E-state index in [2.05, 4.69) is 48.3 Å². The van der Waals surface area contributed by atoms with Crippen molar-refractivity contribution in [3.63, 3.8) is 0 Å². The molecule has 48 heavy (non-hydrogen) atoms. The van der Waals surface area contributed by atoms with Crippen molar-refractivity contribution in [2.24, 2.45) is 0 Å². The third-order valence-corrected chi connectivity index (χ3v) is 11.2. The summed E-state index contributed by atoms with van der Waals surface area (Å²) in [5.74, 6) is 1.31. The Bertz CT molecular complexity index is 1840. The van der Waals surface area contributed by atoms with Crippen molar-refractivity contribution in [3.8, 4) is 5.69 Å². The van der Waals surface area contributed by atoms with Gasteiger partial charge in [0.25, 0.3) is 5.91 Å². The van der Waals surface area contributed by atoms with Crippen LogP contribution in [0.15, 0.2) is 54.6 Å². The average molecular weight is 668 g/mol. The van der Waals surface area contributed by atoms with E-state index in [1.807, 2.05) is 73.0 Å². The summed E-state index contributed by atoms with van der Waals surface area (Å²) < 4.78 is 1.68. The Morgan fingerprint density at radius 1 is 1.00 bits per heavy atom. The number of hydrogen-bond acceptors (Lipinski definition) is 8. The molecule has 3 N–H and O–H groups in total. The largest absolute Gasteiger partial charge is 0.340 e. The number of benzene rings is 2. The van der Waals surface area contributed by atoms with Crippen LogP contribution in [-0.4, -0.2) is 96.9 Å².